The van der Waals surface area contributed by atoms with Crippen molar-refractivity contribution in [1.82, 2.24) is 0 Å². The zero-order chi connectivity index (χ0) is 48.9. The van der Waals surface area contributed by atoms with Crippen molar-refractivity contribution in [3.63, 3.8) is 0 Å². The Bertz CT molecular complexity index is 3340. The molecule has 2 nitrogen and oxygen atoms in total. The topological polar surface area (TPSA) is 6.48 Å². The van der Waals surface area contributed by atoms with Crippen molar-refractivity contribution in [2.45, 2.75) is 193 Å². The quantitative estimate of drug-likeness (QED) is 0.151. The maximum absolute atomic E-state index is 2.80. The van der Waals surface area contributed by atoms with E-state index in [1.165, 1.54) is 143 Å². The molecule has 0 N–H and O–H groups in total. The summed E-state index contributed by atoms with van der Waals surface area (Å²) >= 11 is 0. The van der Waals surface area contributed by atoms with Crippen LogP contribution in [0.15, 0.2) is 84.9 Å². The molecular weight excluding hydrogens is 832 g/mol. The third kappa shape index (κ3) is 5.47. The highest BCUT2D eigenvalue weighted by molar-refractivity contribution is 7.00. The van der Waals surface area contributed by atoms with Gasteiger partial charge in [-0.15, -0.1) is 0 Å². The molecule has 0 radical (unpaired) electrons. The first-order valence-electron chi connectivity index (χ1n) is 26.7. The molecule has 3 aliphatic heterocycles. The number of aryl methyl sites for hydroxylation is 1. The summed E-state index contributed by atoms with van der Waals surface area (Å²) in [5.41, 5.74) is 31.9. The Balaban J connectivity index is 1.20. The first-order chi connectivity index (χ1) is 32.1. The zero-order valence-electron chi connectivity index (χ0n) is 45.1. The normalized spacial score (nSPS) is 23.2. The third-order valence-electron chi connectivity index (χ3n) is 20.0. The molecule has 6 aromatic rings. The molecule has 4 aliphatic carbocycles. The van der Waals surface area contributed by atoms with E-state index in [9.17, 15) is 0 Å². The van der Waals surface area contributed by atoms with Crippen LogP contribution < -0.4 is 26.2 Å². The molecule has 0 bridgehead atoms. The Labute approximate surface area is 415 Å². The number of anilines is 6. The molecule has 0 saturated heterocycles. The largest absolute Gasteiger partial charge is 0.311 e. The van der Waals surface area contributed by atoms with Crippen molar-refractivity contribution in [2.24, 2.45) is 0 Å². The van der Waals surface area contributed by atoms with E-state index >= 15 is 0 Å². The van der Waals surface area contributed by atoms with Crippen LogP contribution in [0, 0.1) is 6.92 Å². The summed E-state index contributed by atoms with van der Waals surface area (Å²) in [4.78, 5) is 5.57. The molecule has 7 aliphatic rings. The summed E-state index contributed by atoms with van der Waals surface area (Å²) in [6.07, 6.45) is 5.92. The zero-order valence-corrected chi connectivity index (χ0v) is 45.1. The lowest BCUT2D eigenvalue weighted by Crippen LogP contribution is -2.63. The standard InChI is InChI=1S/C66H75BN2/c1-37-29-54-57-58-55(37)66(17)43-30-38(59(2,3)4)21-23-40(43)41-19-18-20-51(56(41)66)69(58)53-35-48-46(64(13,14)36-65(48,15)16)33-50(53)67(57)49-32-45-47(63(11,12)28-27-62(45,9)10)34-52(49)68(54)39-22-24-42-44(31-39)61(7,8)26-25-60(42,5)6/h18-24,29-35H,25-28,36H2,1-17H3. The van der Waals surface area contributed by atoms with Gasteiger partial charge in [-0.05, 0) is 209 Å². The molecule has 1 atom stereocenters. The Hall–Kier alpha value is -5.02. The minimum Gasteiger partial charge on any atom is -0.311 e. The average Bonchev–Trinajstić information content (AvgIpc) is 3.63. The first-order valence-corrected chi connectivity index (χ1v) is 26.7. The van der Waals surface area contributed by atoms with Gasteiger partial charge in [0, 0.05) is 33.9 Å². The fourth-order valence-electron chi connectivity index (χ4n) is 16.1. The first kappa shape index (κ1) is 44.0. The van der Waals surface area contributed by atoms with Crippen LogP contribution in [0.2, 0.25) is 0 Å². The number of hydrogen-bond donors (Lipinski definition) is 0. The molecule has 6 aromatic carbocycles. The minimum absolute atomic E-state index is 0.0260. The lowest BCUT2D eigenvalue weighted by Gasteiger charge is -2.52. The molecule has 0 amide bonds. The SMILES string of the molecule is Cc1cc2c3c4c1C1(C)c5cc(C(C)(C)C)ccc5-c5cccc(c51)N4c1cc4c(cc1B3c1cc3c(cc1N2c1ccc2c(c1)C(C)(C)CCC2(C)C)C(C)(C)CCC3(C)C)C(C)(C)CC4(C)C. The maximum atomic E-state index is 2.80. The Morgan fingerprint density at radius 2 is 0.986 bits per heavy atom. The highest BCUT2D eigenvalue weighted by atomic mass is 15.2. The molecule has 3 heteroatoms. The van der Waals surface area contributed by atoms with Crippen molar-refractivity contribution in [1.29, 1.82) is 0 Å². The lowest BCUT2D eigenvalue weighted by atomic mass is 9.32. The molecule has 0 fully saturated rings. The number of rotatable bonds is 1. The lowest BCUT2D eigenvalue weighted by molar-refractivity contribution is 0.332. The summed E-state index contributed by atoms with van der Waals surface area (Å²) in [5, 5.41) is 0. The predicted octanol–water partition coefficient (Wildman–Crippen LogP) is 15.7. The van der Waals surface area contributed by atoms with Crippen molar-refractivity contribution in [3.05, 3.63) is 146 Å². The monoisotopic (exact) mass is 907 g/mol. The Morgan fingerprint density at radius 3 is 1.59 bits per heavy atom. The summed E-state index contributed by atoms with van der Waals surface area (Å²) < 4.78 is 0. The van der Waals surface area contributed by atoms with Crippen molar-refractivity contribution in [2.75, 3.05) is 9.80 Å². The minimum atomic E-state index is -0.345. The summed E-state index contributed by atoms with van der Waals surface area (Å²) in [5.74, 6) is 0. The Morgan fingerprint density at radius 1 is 0.449 bits per heavy atom. The number of benzene rings is 6. The third-order valence-corrected chi connectivity index (χ3v) is 20.0. The van der Waals surface area contributed by atoms with Crippen LogP contribution in [0.1, 0.15) is 204 Å². The average molecular weight is 907 g/mol. The van der Waals surface area contributed by atoms with Gasteiger partial charge in [0.25, 0.3) is 6.71 Å². The number of fused-ring (bicyclic) bond motifs is 13. The van der Waals surface area contributed by atoms with Gasteiger partial charge < -0.3 is 9.80 Å². The van der Waals surface area contributed by atoms with Crippen LogP contribution in [0.25, 0.3) is 11.1 Å². The van der Waals surface area contributed by atoms with Gasteiger partial charge in [0.15, 0.2) is 0 Å². The van der Waals surface area contributed by atoms with Gasteiger partial charge in [0.05, 0.1) is 5.69 Å². The van der Waals surface area contributed by atoms with E-state index in [4.69, 9.17) is 0 Å². The van der Waals surface area contributed by atoms with E-state index in [1.807, 2.05) is 0 Å². The highest BCUT2D eigenvalue weighted by Crippen LogP contribution is 2.65. The van der Waals surface area contributed by atoms with E-state index in [2.05, 4.69) is 212 Å². The van der Waals surface area contributed by atoms with E-state index < -0.39 is 0 Å². The second-order valence-corrected chi connectivity index (χ2v) is 28.4. The van der Waals surface area contributed by atoms with Crippen LogP contribution in [-0.2, 0) is 43.3 Å². The number of nitrogens with zero attached hydrogens (tertiary/aromatic N) is 2. The molecule has 13 rings (SSSR count). The number of hydrogen-bond acceptors (Lipinski definition) is 2. The molecule has 3 heterocycles. The van der Waals surface area contributed by atoms with Crippen LogP contribution in [0.3, 0.4) is 0 Å². The van der Waals surface area contributed by atoms with Gasteiger partial charge >= 0.3 is 0 Å². The van der Waals surface area contributed by atoms with Crippen LogP contribution in [0.5, 0.6) is 0 Å². The van der Waals surface area contributed by atoms with E-state index in [-0.39, 0.29) is 50.0 Å². The van der Waals surface area contributed by atoms with Gasteiger partial charge in [-0.1, -0.05) is 152 Å². The molecule has 1 unspecified atom stereocenters. The molecule has 0 saturated carbocycles. The summed E-state index contributed by atoms with van der Waals surface area (Å²) in [6, 6.07) is 35.9. The maximum Gasteiger partial charge on any atom is 0.252 e. The van der Waals surface area contributed by atoms with Crippen molar-refractivity contribution in [3.8, 4) is 11.1 Å². The van der Waals surface area contributed by atoms with Gasteiger partial charge in [0.2, 0.25) is 0 Å². The van der Waals surface area contributed by atoms with Crippen LogP contribution in [0.4, 0.5) is 34.1 Å². The van der Waals surface area contributed by atoms with Gasteiger partial charge in [-0.25, -0.2) is 0 Å². The fourth-order valence-corrected chi connectivity index (χ4v) is 16.1. The predicted molar refractivity (Wildman–Crippen MR) is 296 cm³/mol. The fraction of sp³-hybridized carbons (Fsp3) is 0.455. The van der Waals surface area contributed by atoms with Gasteiger partial charge in [-0.3, -0.25) is 0 Å². The van der Waals surface area contributed by atoms with Crippen LogP contribution in [-0.4, -0.2) is 6.71 Å². The van der Waals surface area contributed by atoms with Crippen molar-refractivity contribution >= 4 is 57.2 Å². The molecule has 352 valence electrons. The Kier molecular flexibility index (Phi) is 8.22. The second-order valence-electron chi connectivity index (χ2n) is 28.4. The van der Waals surface area contributed by atoms with Crippen LogP contribution >= 0.6 is 0 Å². The van der Waals surface area contributed by atoms with Crippen molar-refractivity contribution < 1.29 is 0 Å². The van der Waals surface area contributed by atoms with Gasteiger partial charge in [-0.2, -0.15) is 0 Å². The summed E-state index contributed by atoms with van der Waals surface area (Å²) in [6.45, 7) is 42.2. The smallest absolute Gasteiger partial charge is 0.252 e. The van der Waals surface area contributed by atoms with E-state index in [1.54, 1.807) is 5.56 Å². The summed E-state index contributed by atoms with van der Waals surface area (Å²) in [7, 11) is 0. The van der Waals surface area contributed by atoms with E-state index in [0.29, 0.717) is 0 Å². The molecule has 69 heavy (non-hydrogen) atoms. The van der Waals surface area contributed by atoms with Gasteiger partial charge in [0.1, 0.15) is 0 Å². The van der Waals surface area contributed by atoms with E-state index in [0.717, 1.165) is 6.42 Å². The molecule has 0 aromatic heterocycles. The second kappa shape index (κ2) is 12.9. The molecule has 0 spiro atoms. The highest BCUT2D eigenvalue weighted by Gasteiger charge is 2.56. The molecular formula is C66H75BN2.